The average Bonchev–Trinajstić information content (AvgIpc) is 2.95. The Morgan fingerprint density at radius 3 is 2.17 bits per heavy atom. The van der Waals surface area contributed by atoms with Gasteiger partial charge in [-0.15, -0.1) is 0 Å². The minimum Gasteiger partial charge on any atom is -0.354 e. The molecule has 40 heavy (non-hydrogen) atoms. The van der Waals surface area contributed by atoms with E-state index in [1.165, 1.54) is 17.0 Å². The highest BCUT2D eigenvalue weighted by Gasteiger charge is 2.33. The third-order valence-electron chi connectivity index (χ3n) is 6.70. The first-order valence-electron chi connectivity index (χ1n) is 13.6. The van der Waals surface area contributed by atoms with Crippen LogP contribution in [-0.2, 0) is 26.0 Å². The minimum atomic E-state index is -4.11. The molecular formula is C31H38ClN3O4S. The zero-order chi connectivity index (χ0) is 29.1. The molecule has 0 saturated heterocycles. The molecule has 9 heteroatoms. The van der Waals surface area contributed by atoms with Crippen LogP contribution in [0.1, 0.15) is 44.2 Å². The number of nitrogens with zero attached hydrogens (tertiary/aromatic N) is 2. The van der Waals surface area contributed by atoms with Crippen molar-refractivity contribution in [2.75, 3.05) is 23.9 Å². The number of halogens is 1. The Hall–Kier alpha value is -3.36. The number of unbranched alkanes of at least 4 members (excludes halogenated alkanes) is 1. The Kier molecular flexibility index (Phi) is 11.6. The summed E-state index contributed by atoms with van der Waals surface area (Å²) < 4.78 is 28.8. The third-order valence-corrected chi connectivity index (χ3v) is 8.74. The first kappa shape index (κ1) is 31.2. The molecule has 0 unspecified atom stereocenters. The zero-order valence-electron chi connectivity index (χ0n) is 23.3. The lowest BCUT2D eigenvalue weighted by molar-refractivity contribution is -0.139. The summed E-state index contributed by atoms with van der Waals surface area (Å²) in [6, 6.07) is 21.8. The molecule has 2 amide bonds. The van der Waals surface area contributed by atoms with Crippen molar-refractivity contribution in [2.24, 2.45) is 0 Å². The zero-order valence-corrected chi connectivity index (χ0v) is 24.9. The second-order valence-electron chi connectivity index (χ2n) is 9.69. The molecule has 1 atom stereocenters. The highest BCUT2D eigenvalue weighted by Crippen LogP contribution is 2.26. The molecule has 0 spiro atoms. The van der Waals surface area contributed by atoms with E-state index in [2.05, 4.69) is 5.32 Å². The Bertz CT molecular complexity index is 1350. The van der Waals surface area contributed by atoms with Crippen LogP contribution in [-0.4, -0.2) is 50.8 Å². The number of carbonyl (C=O) groups excluding carboxylic acids is 2. The molecule has 0 bridgehead atoms. The number of hydrogen-bond donors (Lipinski definition) is 1. The molecule has 0 aliphatic rings. The summed E-state index contributed by atoms with van der Waals surface area (Å²) in [5, 5.41) is 3.39. The van der Waals surface area contributed by atoms with Crippen LogP contribution in [0.2, 0.25) is 5.02 Å². The fourth-order valence-corrected chi connectivity index (χ4v) is 5.92. The summed E-state index contributed by atoms with van der Waals surface area (Å²) in [7, 11) is -4.11. The van der Waals surface area contributed by atoms with E-state index in [0.717, 1.165) is 28.3 Å². The SMILES string of the molecule is CCCCNC(=O)[C@@H](CC)N(CCc1ccccc1)C(=O)CN(c1ccc(Cl)cc1)S(=O)(=O)c1ccc(C)cc1. The Morgan fingerprint density at radius 1 is 0.925 bits per heavy atom. The van der Waals surface area contributed by atoms with Crippen LogP contribution >= 0.6 is 11.6 Å². The number of anilines is 1. The Morgan fingerprint density at radius 2 is 1.57 bits per heavy atom. The van der Waals surface area contributed by atoms with Gasteiger partial charge in [-0.1, -0.05) is 79.9 Å². The molecule has 3 rings (SSSR count). The predicted octanol–water partition coefficient (Wildman–Crippen LogP) is 5.61. The van der Waals surface area contributed by atoms with E-state index in [0.29, 0.717) is 30.1 Å². The van der Waals surface area contributed by atoms with E-state index in [1.807, 2.05) is 51.1 Å². The monoisotopic (exact) mass is 583 g/mol. The fraction of sp³-hybridized carbons (Fsp3) is 0.355. The van der Waals surface area contributed by atoms with Crippen LogP contribution in [0.3, 0.4) is 0 Å². The fourth-order valence-electron chi connectivity index (χ4n) is 4.38. The third kappa shape index (κ3) is 8.32. The van der Waals surface area contributed by atoms with Gasteiger partial charge in [0.15, 0.2) is 0 Å². The van der Waals surface area contributed by atoms with Gasteiger partial charge < -0.3 is 10.2 Å². The van der Waals surface area contributed by atoms with Gasteiger partial charge in [0.1, 0.15) is 12.6 Å². The lowest BCUT2D eigenvalue weighted by Crippen LogP contribution is -2.53. The number of aryl methyl sites for hydroxylation is 1. The predicted molar refractivity (Wildman–Crippen MR) is 161 cm³/mol. The number of benzene rings is 3. The summed E-state index contributed by atoms with van der Waals surface area (Å²) in [6.45, 7) is 6.09. The summed E-state index contributed by atoms with van der Waals surface area (Å²) >= 11 is 6.08. The summed E-state index contributed by atoms with van der Waals surface area (Å²) in [5.74, 6) is -0.698. The van der Waals surface area contributed by atoms with E-state index in [9.17, 15) is 18.0 Å². The molecule has 7 nitrogen and oxygen atoms in total. The van der Waals surface area contributed by atoms with Crippen LogP contribution in [0.25, 0.3) is 0 Å². The highest BCUT2D eigenvalue weighted by molar-refractivity contribution is 7.92. The second-order valence-corrected chi connectivity index (χ2v) is 12.0. The first-order chi connectivity index (χ1) is 19.2. The van der Waals surface area contributed by atoms with Gasteiger partial charge in [0, 0.05) is 18.1 Å². The molecule has 0 fully saturated rings. The lowest BCUT2D eigenvalue weighted by atomic mass is 10.1. The van der Waals surface area contributed by atoms with Gasteiger partial charge >= 0.3 is 0 Å². The van der Waals surface area contributed by atoms with Crippen molar-refractivity contribution < 1.29 is 18.0 Å². The van der Waals surface area contributed by atoms with Crippen molar-refractivity contribution in [3.05, 3.63) is 95.0 Å². The molecule has 0 aliphatic heterocycles. The van der Waals surface area contributed by atoms with E-state index in [1.54, 1.807) is 36.4 Å². The van der Waals surface area contributed by atoms with Crippen LogP contribution in [0, 0.1) is 6.92 Å². The van der Waals surface area contributed by atoms with Crippen LogP contribution in [0.15, 0.2) is 83.8 Å². The molecule has 1 N–H and O–H groups in total. The number of carbonyl (C=O) groups is 2. The lowest BCUT2D eigenvalue weighted by Gasteiger charge is -2.33. The smallest absolute Gasteiger partial charge is 0.264 e. The topological polar surface area (TPSA) is 86.8 Å². The normalized spacial score (nSPS) is 12.0. The van der Waals surface area contributed by atoms with Gasteiger partial charge in [-0.25, -0.2) is 8.42 Å². The maximum atomic E-state index is 14.0. The first-order valence-corrected chi connectivity index (χ1v) is 15.4. The highest BCUT2D eigenvalue weighted by atomic mass is 35.5. The Labute approximate surface area is 243 Å². The Balaban J connectivity index is 1.97. The van der Waals surface area contributed by atoms with E-state index in [4.69, 9.17) is 11.6 Å². The maximum Gasteiger partial charge on any atom is 0.264 e. The molecule has 214 valence electrons. The average molecular weight is 584 g/mol. The molecule has 0 aliphatic carbocycles. The quantitative estimate of drug-likeness (QED) is 0.250. The van der Waals surface area contributed by atoms with E-state index in [-0.39, 0.29) is 17.3 Å². The molecule has 0 heterocycles. The van der Waals surface area contributed by atoms with Gasteiger partial charge in [-0.05, 0) is 68.1 Å². The van der Waals surface area contributed by atoms with Crippen LogP contribution < -0.4 is 9.62 Å². The molecule has 0 saturated carbocycles. The number of amides is 2. The minimum absolute atomic E-state index is 0.0704. The van der Waals surface area contributed by atoms with Crippen molar-refractivity contribution in [1.29, 1.82) is 0 Å². The molecule has 3 aromatic carbocycles. The van der Waals surface area contributed by atoms with Crippen molar-refractivity contribution in [1.82, 2.24) is 10.2 Å². The van der Waals surface area contributed by atoms with Crippen molar-refractivity contribution in [2.45, 2.75) is 57.4 Å². The second kappa shape index (κ2) is 14.9. The molecule has 3 aromatic rings. The summed E-state index contributed by atoms with van der Waals surface area (Å²) in [5.41, 5.74) is 2.24. The number of nitrogens with one attached hydrogen (secondary N) is 1. The van der Waals surface area contributed by atoms with E-state index >= 15 is 0 Å². The standard InChI is InChI=1S/C31H38ClN3O4S/c1-4-6-21-33-31(37)29(5-2)34(22-20-25-10-8-7-9-11-25)30(36)23-35(27-16-14-26(32)15-17-27)40(38,39)28-18-12-24(3)13-19-28/h7-19,29H,4-6,20-23H2,1-3H3,(H,33,37)/t29-/m1/s1. The number of hydrogen-bond acceptors (Lipinski definition) is 4. The van der Waals surface area contributed by atoms with Crippen LogP contribution in [0.4, 0.5) is 5.69 Å². The van der Waals surface area contributed by atoms with Crippen LogP contribution in [0.5, 0.6) is 0 Å². The van der Waals surface area contributed by atoms with E-state index < -0.39 is 28.5 Å². The van der Waals surface area contributed by atoms with Gasteiger partial charge in [0.25, 0.3) is 10.0 Å². The number of rotatable bonds is 14. The molecular weight excluding hydrogens is 546 g/mol. The van der Waals surface area contributed by atoms with Crippen molar-refractivity contribution >= 4 is 39.1 Å². The molecule has 0 aromatic heterocycles. The van der Waals surface area contributed by atoms with Gasteiger partial charge in [0.2, 0.25) is 11.8 Å². The summed E-state index contributed by atoms with van der Waals surface area (Å²) in [6.07, 6.45) is 2.68. The number of sulfonamides is 1. The van der Waals surface area contributed by atoms with Crippen molar-refractivity contribution in [3.8, 4) is 0 Å². The summed E-state index contributed by atoms with van der Waals surface area (Å²) in [4.78, 5) is 28.8. The van der Waals surface area contributed by atoms with Gasteiger partial charge in [-0.3, -0.25) is 13.9 Å². The van der Waals surface area contributed by atoms with Gasteiger partial charge in [0.05, 0.1) is 10.6 Å². The molecule has 0 radical (unpaired) electrons. The van der Waals surface area contributed by atoms with Crippen molar-refractivity contribution in [3.63, 3.8) is 0 Å². The van der Waals surface area contributed by atoms with Gasteiger partial charge in [-0.2, -0.15) is 0 Å². The maximum absolute atomic E-state index is 14.0. The largest absolute Gasteiger partial charge is 0.354 e.